The second-order valence-electron chi connectivity index (χ2n) is 4.36. The topological polar surface area (TPSA) is 62.0 Å². The van der Waals surface area contributed by atoms with Crippen LogP contribution in [0.3, 0.4) is 0 Å². The Kier molecular flexibility index (Phi) is 3.46. The highest BCUT2D eigenvalue weighted by Gasteiger charge is 2.20. The molecule has 1 heterocycles. The lowest BCUT2D eigenvalue weighted by Crippen LogP contribution is -2.37. The molecule has 0 aliphatic rings. The molecule has 4 nitrogen and oxygen atoms in total. The van der Waals surface area contributed by atoms with Gasteiger partial charge in [-0.2, -0.15) is 0 Å². The molecule has 1 unspecified atom stereocenters. The van der Waals surface area contributed by atoms with Crippen molar-refractivity contribution in [1.82, 2.24) is 10.3 Å². The van der Waals surface area contributed by atoms with Crippen LogP contribution in [0.4, 0.5) is 0 Å². The third-order valence-corrected chi connectivity index (χ3v) is 3.03. The van der Waals surface area contributed by atoms with Gasteiger partial charge in [0, 0.05) is 23.1 Å². The fraction of sp³-hybridized carbons (Fsp3) is 0.286. The first-order chi connectivity index (χ1) is 8.63. The quantitative estimate of drug-likeness (QED) is 0.640. The molecule has 0 saturated heterocycles. The molecule has 0 bridgehead atoms. The highest BCUT2D eigenvalue weighted by atomic mass is 16.2. The van der Waals surface area contributed by atoms with Crippen molar-refractivity contribution in [3.05, 3.63) is 36.0 Å². The Morgan fingerprint density at radius 2 is 2.06 bits per heavy atom. The van der Waals surface area contributed by atoms with Crippen LogP contribution >= 0.6 is 0 Å². The number of benzene rings is 1. The standard InChI is InChI=1S/C14H16N2O2/c1-3-9(2)16-14(18)13(17)11-8-15-12-7-5-4-6-10(11)12/h4-9,15H,3H2,1-2H3,(H,16,18). The number of fused-ring (bicyclic) bond motifs is 1. The first kappa shape index (κ1) is 12.4. The summed E-state index contributed by atoms with van der Waals surface area (Å²) in [6.07, 6.45) is 2.39. The third kappa shape index (κ3) is 2.27. The molecule has 1 aromatic carbocycles. The van der Waals surface area contributed by atoms with Crippen LogP contribution < -0.4 is 5.32 Å². The van der Waals surface area contributed by atoms with Crippen molar-refractivity contribution in [2.24, 2.45) is 0 Å². The molecule has 0 aliphatic heterocycles. The molecule has 0 aliphatic carbocycles. The van der Waals surface area contributed by atoms with Gasteiger partial charge >= 0.3 is 0 Å². The summed E-state index contributed by atoms with van der Waals surface area (Å²) in [7, 11) is 0. The molecular formula is C14H16N2O2. The highest BCUT2D eigenvalue weighted by Crippen LogP contribution is 2.18. The van der Waals surface area contributed by atoms with E-state index in [0.29, 0.717) is 5.56 Å². The van der Waals surface area contributed by atoms with Gasteiger partial charge in [0.15, 0.2) is 0 Å². The summed E-state index contributed by atoms with van der Waals surface area (Å²) in [5.74, 6) is -1.04. The van der Waals surface area contributed by atoms with Crippen LogP contribution in [0.2, 0.25) is 0 Å². The lowest BCUT2D eigenvalue weighted by molar-refractivity contribution is -0.117. The number of carbonyl (C=O) groups excluding carboxylic acids is 2. The van der Waals surface area contributed by atoms with Crippen LogP contribution in [0.15, 0.2) is 30.5 Å². The fourth-order valence-electron chi connectivity index (χ4n) is 1.77. The van der Waals surface area contributed by atoms with Crippen molar-refractivity contribution >= 4 is 22.6 Å². The highest BCUT2D eigenvalue weighted by molar-refractivity contribution is 6.45. The van der Waals surface area contributed by atoms with Crippen molar-refractivity contribution in [2.75, 3.05) is 0 Å². The minimum Gasteiger partial charge on any atom is -0.360 e. The average molecular weight is 244 g/mol. The maximum absolute atomic E-state index is 12.0. The van der Waals surface area contributed by atoms with Crippen molar-refractivity contribution in [3.8, 4) is 0 Å². The average Bonchev–Trinajstić information content (AvgIpc) is 2.81. The normalized spacial score (nSPS) is 12.3. The minimum atomic E-state index is -0.547. The van der Waals surface area contributed by atoms with Gasteiger partial charge in [-0.3, -0.25) is 9.59 Å². The SMILES string of the molecule is CCC(C)NC(=O)C(=O)c1c[nH]c2ccccc12. The van der Waals surface area contributed by atoms with Gasteiger partial charge in [0.25, 0.3) is 11.7 Å². The number of rotatable bonds is 4. The smallest absolute Gasteiger partial charge is 0.292 e. The summed E-state index contributed by atoms with van der Waals surface area (Å²) in [5.41, 5.74) is 1.28. The lowest BCUT2D eigenvalue weighted by Gasteiger charge is -2.09. The molecule has 4 heteroatoms. The summed E-state index contributed by atoms with van der Waals surface area (Å²) < 4.78 is 0. The number of aromatic nitrogens is 1. The van der Waals surface area contributed by atoms with Gasteiger partial charge < -0.3 is 10.3 Å². The predicted molar refractivity (Wildman–Crippen MR) is 70.5 cm³/mol. The van der Waals surface area contributed by atoms with E-state index in [-0.39, 0.29) is 6.04 Å². The van der Waals surface area contributed by atoms with Crippen molar-refractivity contribution in [1.29, 1.82) is 0 Å². The second-order valence-corrected chi connectivity index (χ2v) is 4.36. The second kappa shape index (κ2) is 5.04. The molecule has 2 rings (SSSR count). The molecule has 0 radical (unpaired) electrons. The lowest BCUT2D eigenvalue weighted by atomic mass is 10.1. The molecule has 94 valence electrons. The molecule has 1 amide bonds. The van der Waals surface area contributed by atoms with Gasteiger partial charge in [0.05, 0.1) is 5.56 Å². The molecule has 2 aromatic rings. The Morgan fingerprint density at radius 1 is 1.33 bits per heavy atom. The predicted octanol–water partition coefficient (Wildman–Crippen LogP) is 2.27. The Labute approximate surface area is 105 Å². The Morgan fingerprint density at radius 3 is 2.78 bits per heavy atom. The van der Waals surface area contributed by atoms with E-state index >= 15 is 0 Å². The van der Waals surface area contributed by atoms with Crippen molar-refractivity contribution in [3.63, 3.8) is 0 Å². The van der Waals surface area contributed by atoms with Crippen LogP contribution in [-0.2, 0) is 4.79 Å². The number of Topliss-reactive ketones (excluding diaryl/α,β-unsaturated/α-hetero) is 1. The van der Waals surface area contributed by atoms with E-state index in [2.05, 4.69) is 10.3 Å². The molecular weight excluding hydrogens is 228 g/mol. The molecule has 0 fully saturated rings. The largest absolute Gasteiger partial charge is 0.360 e. The fourth-order valence-corrected chi connectivity index (χ4v) is 1.77. The van der Waals surface area contributed by atoms with Crippen LogP contribution in [0.25, 0.3) is 10.9 Å². The van der Waals surface area contributed by atoms with Gasteiger partial charge in [0.1, 0.15) is 0 Å². The molecule has 2 N–H and O–H groups in total. The number of H-pyrrole nitrogens is 1. The third-order valence-electron chi connectivity index (χ3n) is 3.03. The number of hydrogen-bond acceptors (Lipinski definition) is 2. The number of nitrogens with one attached hydrogen (secondary N) is 2. The molecule has 1 atom stereocenters. The number of amides is 1. The number of carbonyl (C=O) groups is 2. The maximum Gasteiger partial charge on any atom is 0.292 e. The van der Waals surface area contributed by atoms with E-state index in [1.54, 1.807) is 6.20 Å². The zero-order valence-corrected chi connectivity index (χ0v) is 10.5. The van der Waals surface area contributed by atoms with Crippen LogP contribution in [0.5, 0.6) is 0 Å². The number of para-hydroxylation sites is 1. The van der Waals surface area contributed by atoms with Gasteiger partial charge in [-0.15, -0.1) is 0 Å². The maximum atomic E-state index is 12.0. The van der Waals surface area contributed by atoms with Crippen LogP contribution in [0.1, 0.15) is 30.6 Å². The van der Waals surface area contributed by atoms with Crippen LogP contribution in [-0.4, -0.2) is 22.7 Å². The van der Waals surface area contributed by atoms with Gasteiger partial charge in [0.2, 0.25) is 0 Å². The Hall–Kier alpha value is -2.10. The van der Waals surface area contributed by atoms with Gasteiger partial charge in [-0.1, -0.05) is 25.1 Å². The van der Waals surface area contributed by atoms with Crippen LogP contribution in [0, 0.1) is 0 Å². The Balaban J connectivity index is 2.26. The molecule has 0 spiro atoms. The van der Waals surface area contributed by atoms with E-state index in [1.807, 2.05) is 38.1 Å². The van der Waals surface area contributed by atoms with E-state index in [0.717, 1.165) is 17.3 Å². The van der Waals surface area contributed by atoms with Gasteiger partial charge in [-0.25, -0.2) is 0 Å². The zero-order valence-electron chi connectivity index (χ0n) is 10.5. The first-order valence-corrected chi connectivity index (χ1v) is 6.04. The zero-order chi connectivity index (χ0) is 13.1. The number of ketones is 1. The van der Waals surface area contributed by atoms with Gasteiger partial charge in [-0.05, 0) is 19.4 Å². The summed E-state index contributed by atoms with van der Waals surface area (Å²) in [6.45, 7) is 3.83. The van der Waals surface area contributed by atoms with Crippen molar-refractivity contribution < 1.29 is 9.59 Å². The van der Waals surface area contributed by atoms with E-state index in [9.17, 15) is 9.59 Å². The number of aromatic amines is 1. The van der Waals surface area contributed by atoms with E-state index in [4.69, 9.17) is 0 Å². The monoisotopic (exact) mass is 244 g/mol. The summed E-state index contributed by atoms with van der Waals surface area (Å²) >= 11 is 0. The minimum absolute atomic E-state index is 0.00616. The van der Waals surface area contributed by atoms with E-state index < -0.39 is 11.7 Å². The molecule has 0 saturated carbocycles. The van der Waals surface area contributed by atoms with Crippen molar-refractivity contribution in [2.45, 2.75) is 26.3 Å². The summed E-state index contributed by atoms with van der Waals surface area (Å²) in [5, 5.41) is 3.46. The first-order valence-electron chi connectivity index (χ1n) is 6.04. The molecule has 1 aromatic heterocycles. The summed E-state index contributed by atoms with van der Waals surface area (Å²) in [4.78, 5) is 26.8. The Bertz CT molecular complexity index is 586. The van der Waals surface area contributed by atoms with E-state index in [1.165, 1.54) is 0 Å². The number of hydrogen-bond donors (Lipinski definition) is 2. The molecule has 18 heavy (non-hydrogen) atoms. The summed E-state index contributed by atoms with van der Waals surface area (Å²) in [6, 6.07) is 7.44.